The van der Waals surface area contributed by atoms with Crippen molar-refractivity contribution in [1.82, 2.24) is 0 Å². The third-order valence-electron chi connectivity index (χ3n) is 3.92. The molecule has 21 heavy (non-hydrogen) atoms. The highest BCUT2D eigenvalue weighted by atomic mass is 16.5. The lowest BCUT2D eigenvalue weighted by Crippen LogP contribution is -2.14. The minimum atomic E-state index is 0.231. The van der Waals surface area contributed by atoms with Crippen LogP contribution in [0.3, 0.4) is 0 Å². The summed E-state index contributed by atoms with van der Waals surface area (Å²) in [7, 11) is 1.64. The molecule has 0 amide bonds. The molecule has 1 N–H and O–H groups in total. The maximum Gasteiger partial charge on any atom is 0.143 e. The Kier molecular flexibility index (Phi) is 3.79. The number of ether oxygens (including phenoxy) is 1. The minimum Gasteiger partial charge on any atom is -0.495 e. The molecule has 0 bridgehead atoms. The lowest BCUT2D eigenvalue weighted by molar-refractivity contribution is 0.415. The molecule has 1 unspecified atom stereocenters. The number of methoxy groups -OCH3 is 1. The molecular formula is C18H18N2O. The van der Waals surface area contributed by atoms with E-state index in [1.54, 1.807) is 7.11 Å². The second-order valence-electron chi connectivity index (χ2n) is 5.36. The van der Waals surface area contributed by atoms with Gasteiger partial charge in [0.25, 0.3) is 0 Å². The summed E-state index contributed by atoms with van der Waals surface area (Å²) in [6.45, 7) is 0. The molecule has 0 radical (unpaired) electrons. The van der Waals surface area contributed by atoms with Crippen molar-refractivity contribution in [3.8, 4) is 11.8 Å². The Morgan fingerprint density at radius 3 is 2.52 bits per heavy atom. The van der Waals surface area contributed by atoms with Crippen LogP contribution in [0.15, 0.2) is 48.5 Å². The van der Waals surface area contributed by atoms with Crippen molar-refractivity contribution in [2.45, 2.75) is 18.9 Å². The Balaban J connectivity index is 1.96. The van der Waals surface area contributed by atoms with Gasteiger partial charge in [-0.2, -0.15) is 5.26 Å². The summed E-state index contributed by atoms with van der Waals surface area (Å²) in [6.07, 6.45) is 2.45. The van der Waals surface area contributed by atoms with Gasteiger partial charge in [-0.1, -0.05) is 36.4 Å². The van der Waals surface area contributed by atoms with Crippen LogP contribution < -0.4 is 10.1 Å². The molecule has 106 valence electrons. The average molecular weight is 278 g/mol. The SMILES string of the molecule is COc1cccc(C#N)c1NC(c1ccccc1)C1CC1. The van der Waals surface area contributed by atoms with E-state index in [2.05, 4.69) is 35.7 Å². The highest BCUT2D eigenvalue weighted by Crippen LogP contribution is 2.44. The van der Waals surface area contributed by atoms with Gasteiger partial charge in [-0.15, -0.1) is 0 Å². The first-order valence-corrected chi connectivity index (χ1v) is 7.22. The number of nitrogens with one attached hydrogen (secondary N) is 1. The molecule has 1 aliphatic rings. The molecule has 1 aliphatic carbocycles. The van der Waals surface area contributed by atoms with E-state index in [4.69, 9.17) is 4.74 Å². The lowest BCUT2D eigenvalue weighted by Gasteiger charge is -2.22. The van der Waals surface area contributed by atoms with E-state index in [0.29, 0.717) is 11.5 Å². The van der Waals surface area contributed by atoms with Gasteiger partial charge < -0.3 is 10.1 Å². The van der Waals surface area contributed by atoms with Gasteiger partial charge in [0.1, 0.15) is 11.8 Å². The lowest BCUT2D eigenvalue weighted by atomic mass is 10.0. The Labute approximate surface area is 125 Å². The van der Waals surface area contributed by atoms with Crippen LogP contribution in [0, 0.1) is 17.2 Å². The number of hydrogen-bond acceptors (Lipinski definition) is 3. The molecule has 0 aromatic heterocycles. The van der Waals surface area contributed by atoms with Gasteiger partial charge in [-0.25, -0.2) is 0 Å². The van der Waals surface area contributed by atoms with Crippen LogP contribution in [0.25, 0.3) is 0 Å². The molecule has 0 aliphatic heterocycles. The first kappa shape index (κ1) is 13.5. The van der Waals surface area contributed by atoms with Crippen LogP contribution >= 0.6 is 0 Å². The second-order valence-corrected chi connectivity index (χ2v) is 5.36. The number of hydrogen-bond donors (Lipinski definition) is 1. The van der Waals surface area contributed by atoms with Crippen LogP contribution in [0.1, 0.15) is 30.0 Å². The zero-order chi connectivity index (χ0) is 14.7. The number of nitriles is 1. The van der Waals surface area contributed by atoms with E-state index in [0.717, 1.165) is 11.4 Å². The van der Waals surface area contributed by atoms with Crippen molar-refractivity contribution < 1.29 is 4.74 Å². The van der Waals surface area contributed by atoms with Crippen molar-refractivity contribution in [1.29, 1.82) is 5.26 Å². The Hall–Kier alpha value is -2.47. The number of anilines is 1. The maximum atomic E-state index is 9.33. The first-order valence-electron chi connectivity index (χ1n) is 7.22. The normalized spacial score (nSPS) is 15.0. The molecule has 2 aromatic rings. The van der Waals surface area contributed by atoms with Crippen LogP contribution in [0.5, 0.6) is 5.75 Å². The summed E-state index contributed by atoms with van der Waals surface area (Å²) in [4.78, 5) is 0. The quantitative estimate of drug-likeness (QED) is 0.894. The van der Waals surface area contributed by atoms with Crippen LogP contribution in [-0.2, 0) is 0 Å². The van der Waals surface area contributed by atoms with E-state index >= 15 is 0 Å². The minimum absolute atomic E-state index is 0.231. The van der Waals surface area contributed by atoms with Gasteiger partial charge in [0.05, 0.1) is 24.4 Å². The molecule has 0 spiro atoms. The molecule has 3 heteroatoms. The zero-order valence-electron chi connectivity index (χ0n) is 12.0. The van der Waals surface area contributed by atoms with Crippen molar-refractivity contribution >= 4 is 5.69 Å². The molecule has 2 aromatic carbocycles. The van der Waals surface area contributed by atoms with E-state index < -0.39 is 0 Å². The largest absolute Gasteiger partial charge is 0.495 e. The highest BCUT2D eigenvalue weighted by Gasteiger charge is 2.33. The van der Waals surface area contributed by atoms with Gasteiger partial charge in [0, 0.05) is 0 Å². The molecular weight excluding hydrogens is 260 g/mol. The monoisotopic (exact) mass is 278 g/mol. The Bertz CT molecular complexity index is 657. The smallest absolute Gasteiger partial charge is 0.143 e. The summed E-state index contributed by atoms with van der Waals surface area (Å²) in [5, 5.41) is 12.9. The molecule has 0 saturated heterocycles. The van der Waals surface area contributed by atoms with E-state index in [1.807, 2.05) is 24.3 Å². The number of rotatable bonds is 5. The average Bonchev–Trinajstić information content (AvgIpc) is 3.38. The number of benzene rings is 2. The fourth-order valence-corrected chi connectivity index (χ4v) is 2.66. The number of para-hydroxylation sites is 1. The van der Waals surface area contributed by atoms with Crippen LogP contribution in [0.4, 0.5) is 5.69 Å². The van der Waals surface area contributed by atoms with E-state index in [9.17, 15) is 5.26 Å². The highest BCUT2D eigenvalue weighted by molar-refractivity contribution is 5.67. The maximum absolute atomic E-state index is 9.33. The first-order chi connectivity index (χ1) is 10.3. The van der Waals surface area contributed by atoms with Crippen molar-refractivity contribution in [2.24, 2.45) is 5.92 Å². The van der Waals surface area contributed by atoms with Crippen molar-refractivity contribution in [2.75, 3.05) is 12.4 Å². The molecule has 1 fully saturated rings. The topological polar surface area (TPSA) is 45.0 Å². The van der Waals surface area contributed by atoms with Crippen LogP contribution in [0.2, 0.25) is 0 Å². The third-order valence-corrected chi connectivity index (χ3v) is 3.92. The summed E-state index contributed by atoms with van der Waals surface area (Å²) >= 11 is 0. The molecule has 1 atom stereocenters. The molecule has 3 rings (SSSR count). The fourth-order valence-electron chi connectivity index (χ4n) is 2.66. The van der Waals surface area contributed by atoms with Crippen molar-refractivity contribution in [3.63, 3.8) is 0 Å². The van der Waals surface area contributed by atoms with Gasteiger partial charge >= 0.3 is 0 Å². The Morgan fingerprint density at radius 1 is 1.14 bits per heavy atom. The van der Waals surface area contributed by atoms with Gasteiger partial charge in [0.2, 0.25) is 0 Å². The van der Waals surface area contributed by atoms with Gasteiger partial charge in [0.15, 0.2) is 0 Å². The standard InChI is InChI=1S/C18H18N2O/c1-21-16-9-5-8-15(12-19)18(16)20-17(14-10-11-14)13-6-3-2-4-7-13/h2-9,14,17,20H,10-11H2,1H3. The van der Waals surface area contributed by atoms with Crippen LogP contribution in [-0.4, -0.2) is 7.11 Å². The summed E-state index contributed by atoms with van der Waals surface area (Å²) < 4.78 is 5.41. The summed E-state index contributed by atoms with van der Waals surface area (Å²) in [6, 6.07) is 18.4. The van der Waals surface area contributed by atoms with Crippen molar-refractivity contribution in [3.05, 3.63) is 59.7 Å². The number of nitrogens with zero attached hydrogens (tertiary/aromatic N) is 1. The predicted molar refractivity (Wildman–Crippen MR) is 83.2 cm³/mol. The fraction of sp³-hybridized carbons (Fsp3) is 0.278. The molecule has 1 saturated carbocycles. The molecule has 3 nitrogen and oxygen atoms in total. The Morgan fingerprint density at radius 2 is 1.90 bits per heavy atom. The zero-order valence-corrected chi connectivity index (χ0v) is 12.0. The molecule has 0 heterocycles. The van der Waals surface area contributed by atoms with Gasteiger partial charge in [-0.05, 0) is 36.5 Å². The van der Waals surface area contributed by atoms with E-state index in [1.165, 1.54) is 18.4 Å². The second kappa shape index (κ2) is 5.88. The van der Waals surface area contributed by atoms with Gasteiger partial charge in [-0.3, -0.25) is 0 Å². The third kappa shape index (κ3) is 2.85. The summed E-state index contributed by atoms with van der Waals surface area (Å²) in [5.41, 5.74) is 2.67. The summed E-state index contributed by atoms with van der Waals surface area (Å²) in [5.74, 6) is 1.35. The van der Waals surface area contributed by atoms with E-state index in [-0.39, 0.29) is 6.04 Å². The predicted octanol–water partition coefficient (Wildman–Crippen LogP) is 4.13.